The standard InChI is InChI=1S/C17H27NO3/c1-3-8-13(18-21-4-2)16-14(19)11-17(12-15(16)20)9-6-5-7-10-17/h19H,3-12H2,1-2H3. The number of Topliss-reactive ketones (excluding diaryl/α,β-unsaturated/α-hetero) is 1. The molecule has 4 nitrogen and oxygen atoms in total. The van der Waals surface area contributed by atoms with Crippen LogP contribution in [0.2, 0.25) is 0 Å². The molecule has 0 aromatic carbocycles. The Bertz CT molecular complexity index is 445. The van der Waals surface area contributed by atoms with Gasteiger partial charge in [-0.1, -0.05) is 37.8 Å². The molecular weight excluding hydrogens is 266 g/mol. The Hall–Kier alpha value is -1.32. The van der Waals surface area contributed by atoms with Crippen molar-refractivity contribution in [1.29, 1.82) is 0 Å². The summed E-state index contributed by atoms with van der Waals surface area (Å²) in [5, 5.41) is 14.5. The molecule has 2 aliphatic carbocycles. The monoisotopic (exact) mass is 293 g/mol. The van der Waals surface area contributed by atoms with E-state index in [-0.39, 0.29) is 17.0 Å². The van der Waals surface area contributed by atoms with Gasteiger partial charge in [0.2, 0.25) is 0 Å². The van der Waals surface area contributed by atoms with E-state index in [9.17, 15) is 9.90 Å². The fourth-order valence-electron chi connectivity index (χ4n) is 3.67. The summed E-state index contributed by atoms with van der Waals surface area (Å²) in [5.41, 5.74) is 1.06. The number of hydrogen-bond donors (Lipinski definition) is 1. The molecule has 4 heteroatoms. The van der Waals surface area contributed by atoms with E-state index in [1.165, 1.54) is 19.3 Å². The van der Waals surface area contributed by atoms with Crippen LogP contribution >= 0.6 is 0 Å². The summed E-state index contributed by atoms with van der Waals surface area (Å²) in [4.78, 5) is 17.7. The molecule has 0 radical (unpaired) electrons. The third-order valence-electron chi connectivity index (χ3n) is 4.64. The van der Waals surface area contributed by atoms with Crippen molar-refractivity contribution in [1.82, 2.24) is 0 Å². The lowest BCUT2D eigenvalue weighted by Crippen LogP contribution is -2.35. The van der Waals surface area contributed by atoms with E-state index in [2.05, 4.69) is 5.16 Å². The van der Waals surface area contributed by atoms with Gasteiger partial charge >= 0.3 is 0 Å². The fraction of sp³-hybridized carbons (Fsp3) is 0.765. The molecule has 0 atom stereocenters. The number of ketones is 1. The lowest BCUT2D eigenvalue weighted by atomic mass is 9.64. The van der Waals surface area contributed by atoms with Gasteiger partial charge in [-0.2, -0.15) is 0 Å². The molecule has 1 saturated carbocycles. The minimum Gasteiger partial charge on any atom is -0.511 e. The van der Waals surface area contributed by atoms with Crippen molar-refractivity contribution in [2.24, 2.45) is 10.6 Å². The van der Waals surface area contributed by atoms with Crippen LogP contribution in [0.3, 0.4) is 0 Å². The molecular formula is C17H27NO3. The number of carbonyl (C=O) groups is 1. The maximum Gasteiger partial charge on any atom is 0.168 e. The Kier molecular flexibility index (Phi) is 5.43. The molecule has 2 aliphatic rings. The topological polar surface area (TPSA) is 58.9 Å². The third kappa shape index (κ3) is 3.66. The second kappa shape index (κ2) is 7.10. The van der Waals surface area contributed by atoms with Crippen molar-refractivity contribution >= 4 is 11.5 Å². The fourth-order valence-corrected chi connectivity index (χ4v) is 3.67. The van der Waals surface area contributed by atoms with Crippen molar-refractivity contribution in [3.8, 4) is 0 Å². The first-order chi connectivity index (χ1) is 10.1. The Balaban J connectivity index is 2.25. The number of oxime groups is 1. The normalized spacial score (nSPS) is 22.8. The van der Waals surface area contributed by atoms with Gasteiger partial charge in [-0.05, 0) is 31.6 Å². The molecule has 1 fully saturated rings. The van der Waals surface area contributed by atoms with Gasteiger partial charge in [0, 0.05) is 12.8 Å². The summed E-state index contributed by atoms with van der Waals surface area (Å²) in [5.74, 6) is 0.285. The number of rotatable bonds is 5. The van der Waals surface area contributed by atoms with Crippen LogP contribution in [-0.2, 0) is 9.63 Å². The summed E-state index contributed by atoms with van der Waals surface area (Å²) >= 11 is 0. The predicted molar refractivity (Wildman–Crippen MR) is 83.4 cm³/mol. The Morgan fingerprint density at radius 2 is 1.95 bits per heavy atom. The highest BCUT2D eigenvalue weighted by molar-refractivity contribution is 6.23. The maximum absolute atomic E-state index is 12.6. The zero-order chi connectivity index (χ0) is 15.3. The first-order valence-electron chi connectivity index (χ1n) is 8.26. The van der Waals surface area contributed by atoms with Gasteiger partial charge in [0.05, 0.1) is 11.3 Å². The molecule has 2 rings (SSSR count). The van der Waals surface area contributed by atoms with Crippen molar-refractivity contribution < 1.29 is 14.7 Å². The predicted octanol–water partition coefficient (Wildman–Crippen LogP) is 4.30. The molecule has 0 aromatic heterocycles. The van der Waals surface area contributed by atoms with E-state index >= 15 is 0 Å². The second-order valence-electron chi connectivity index (χ2n) is 6.36. The van der Waals surface area contributed by atoms with Crippen molar-refractivity contribution in [2.45, 2.75) is 71.6 Å². The lowest BCUT2D eigenvalue weighted by molar-refractivity contribution is -0.119. The first kappa shape index (κ1) is 16.1. The minimum absolute atomic E-state index is 0.00581. The van der Waals surface area contributed by atoms with Crippen LogP contribution in [-0.4, -0.2) is 23.2 Å². The van der Waals surface area contributed by atoms with Gasteiger partial charge in [0.15, 0.2) is 5.78 Å². The molecule has 0 saturated heterocycles. The first-order valence-corrected chi connectivity index (χ1v) is 8.26. The Morgan fingerprint density at radius 1 is 1.24 bits per heavy atom. The maximum atomic E-state index is 12.6. The molecule has 1 spiro atoms. The molecule has 0 aliphatic heterocycles. The summed E-state index contributed by atoms with van der Waals surface area (Å²) in [7, 11) is 0. The van der Waals surface area contributed by atoms with Gasteiger partial charge in [0.1, 0.15) is 12.4 Å². The highest BCUT2D eigenvalue weighted by Gasteiger charge is 2.41. The van der Waals surface area contributed by atoms with E-state index in [4.69, 9.17) is 4.84 Å². The molecule has 0 amide bonds. The van der Waals surface area contributed by atoms with Gasteiger partial charge in [-0.3, -0.25) is 4.79 Å². The van der Waals surface area contributed by atoms with E-state index < -0.39 is 0 Å². The number of nitrogens with zero attached hydrogens (tertiary/aromatic N) is 1. The van der Waals surface area contributed by atoms with Crippen LogP contribution in [0.25, 0.3) is 0 Å². The molecule has 0 heterocycles. The summed E-state index contributed by atoms with van der Waals surface area (Å²) in [6.07, 6.45) is 8.43. The second-order valence-corrected chi connectivity index (χ2v) is 6.36. The van der Waals surface area contributed by atoms with Gasteiger partial charge in [-0.25, -0.2) is 0 Å². The molecule has 118 valence electrons. The third-order valence-corrected chi connectivity index (χ3v) is 4.64. The molecule has 0 unspecified atom stereocenters. The average molecular weight is 293 g/mol. The van der Waals surface area contributed by atoms with Crippen LogP contribution < -0.4 is 0 Å². The summed E-state index contributed by atoms with van der Waals surface area (Å²) in [6, 6.07) is 0. The minimum atomic E-state index is 0.00581. The lowest BCUT2D eigenvalue weighted by Gasteiger charge is -2.40. The van der Waals surface area contributed by atoms with E-state index in [0.717, 1.165) is 19.3 Å². The number of allylic oxidation sites excluding steroid dienone is 2. The van der Waals surface area contributed by atoms with Crippen LogP contribution in [0.1, 0.15) is 71.6 Å². The number of carbonyl (C=O) groups excluding carboxylic acids is 1. The molecule has 0 bridgehead atoms. The highest BCUT2D eigenvalue weighted by Crippen LogP contribution is 2.47. The van der Waals surface area contributed by atoms with Crippen LogP contribution in [0, 0.1) is 5.41 Å². The van der Waals surface area contributed by atoms with E-state index in [0.29, 0.717) is 37.2 Å². The van der Waals surface area contributed by atoms with E-state index in [1.54, 1.807) is 0 Å². The van der Waals surface area contributed by atoms with Crippen molar-refractivity contribution in [3.63, 3.8) is 0 Å². The Morgan fingerprint density at radius 3 is 2.52 bits per heavy atom. The number of hydrogen-bond acceptors (Lipinski definition) is 4. The quantitative estimate of drug-likeness (QED) is 0.607. The van der Waals surface area contributed by atoms with Crippen LogP contribution in [0.4, 0.5) is 0 Å². The molecule has 21 heavy (non-hydrogen) atoms. The SMILES string of the molecule is CCCC(=NOCC)C1=C(O)CC2(CCCCC2)CC1=O. The van der Waals surface area contributed by atoms with E-state index in [1.807, 2.05) is 13.8 Å². The summed E-state index contributed by atoms with van der Waals surface area (Å²) < 4.78 is 0. The van der Waals surface area contributed by atoms with Gasteiger partial charge < -0.3 is 9.94 Å². The summed E-state index contributed by atoms with van der Waals surface area (Å²) in [6.45, 7) is 4.37. The Labute approximate surface area is 127 Å². The molecule has 0 aromatic rings. The highest BCUT2D eigenvalue weighted by atomic mass is 16.6. The zero-order valence-electron chi connectivity index (χ0n) is 13.3. The smallest absolute Gasteiger partial charge is 0.168 e. The van der Waals surface area contributed by atoms with Gasteiger partial charge in [-0.15, -0.1) is 0 Å². The average Bonchev–Trinajstić information content (AvgIpc) is 2.44. The van der Waals surface area contributed by atoms with Crippen molar-refractivity contribution in [2.75, 3.05) is 6.61 Å². The van der Waals surface area contributed by atoms with Gasteiger partial charge in [0.25, 0.3) is 0 Å². The number of aliphatic hydroxyl groups excluding tert-OH is 1. The zero-order valence-corrected chi connectivity index (χ0v) is 13.3. The van der Waals surface area contributed by atoms with Crippen molar-refractivity contribution in [3.05, 3.63) is 11.3 Å². The van der Waals surface area contributed by atoms with Crippen LogP contribution in [0.5, 0.6) is 0 Å². The van der Waals surface area contributed by atoms with Crippen LogP contribution in [0.15, 0.2) is 16.5 Å². The molecule has 1 N–H and O–H groups in total. The largest absolute Gasteiger partial charge is 0.511 e. The number of aliphatic hydroxyl groups is 1.